The normalized spacial score (nSPS) is 15.7. The fourth-order valence-corrected chi connectivity index (χ4v) is 3.15. The number of fused-ring (bicyclic) bond motifs is 3. The third-order valence-electron chi connectivity index (χ3n) is 4.44. The molecular weight excluding hydrogens is 274 g/mol. The lowest BCUT2D eigenvalue weighted by molar-refractivity contribution is 0.201. The fraction of sp³-hybridized carbons (Fsp3) is 0.368. The van der Waals surface area contributed by atoms with Crippen LogP contribution >= 0.6 is 0 Å². The van der Waals surface area contributed by atoms with E-state index in [0.29, 0.717) is 6.61 Å². The smallest absolute Gasteiger partial charge is 0.126 e. The predicted octanol–water partition coefficient (Wildman–Crippen LogP) is 3.47. The van der Waals surface area contributed by atoms with Crippen molar-refractivity contribution in [2.75, 3.05) is 26.2 Å². The quantitative estimate of drug-likeness (QED) is 0.886. The Hall–Kier alpha value is -1.84. The van der Waals surface area contributed by atoms with Gasteiger partial charge in [-0.2, -0.15) is 0 Å². The third kappa shape index (κ3) is 2.62. The molecule has 1 aliphatic rings. The van der Waals surface area contributed by atoms with Crippen molar-refractivity contribution in [1.82, 2.24) is 4.90 Å². The van der Waals surface area contributed by atoms with Crippen molar-refractivity contribution >= 4 is 0 Å². The van der Waals surface area contributed by atoms with Crippen molar-refractivity contribution in [3.05, 3.63) is 53.6 Å². The van der Waals surface area contributed by atoms with Crippen molar-refractivity contribution < 1.29 is 9.84 Å². The van der Waals surface area contributed by atoms with Gasteiger partial charge in [0, 0.05) is 12.1 Å². The summed E-state index contributed by atoms with van der Waals surface area (Å²) in [5.74, 6) is 0.799. The molecule has 0 saturated carbocycles. The maximum absolute atomic E-state index is 10.6. The molecular formula is C19H23NO2. The molecule has 3 heteroatoms. The van der Waals surface area contributed by atoms with Crippen LogP contribution in [-0.2, 0) is 0 Å². The number of benzene rings is 2. The van der Waals surface area contributed by atoms with Crippen molar-refractivity contribution in [3.8, 4) is 16.9 Å². The minimum atomic E-state index is -0.587. The van der Waals surface area contributed by atoms with Crippen LogP contribution in [-0.4, -0.2) is 36.2 Å². The first-order chi connectivity index (χ1) is 10.8. The predicted molar refractivity (Wildman–Crippen MR) is 89.2 cm³/mol. The summed E-state index contributed by atoms with van der Waals surface area (Å²) < 4.78 is 5.98. The van der Waals surface area contributed by atoms with Gasteiger partial charge in [0.05, 0.1) is 0 Å². The monoisotopic (exact) mass is 297 g/mol. The van der Waals surface area contributed by atoms with E-state index in [4.69, 9.17) is 4.74 Å². The summed E-state index contributed by atoms with van der Waals surface area (Å²) in [5, 5.41) is 10.6. The van der Waals surface area contributed by atoms with Gasteiger partial charge in [-0.15, -0.1) is 0 Å². The van der Waals surface area contributed by atoms with Crippen LogP contribution < -0.4 is 4.74 Å². The van der Waals surface area contributed by atoms with Crippen LogP contribution in [0.1, 0.15) is 31.1 Å². The second-order valence-corrected chi connectivity index (χ2v) is 5.58. The van der Waals surface area contributed by atoms with Crippen LogP contribution in [0.4, 0.5) is 0 Å². The minimum Gasteiger partial charge on any atom is -0.492 e. The Morgan fingerprint density at radius 3 is 2.50 bits per heavy atom. The number of hydrogen-bond acceptors (Lipinski definition) is 3. The molecule has 3 nitrogen and oxygen atoms in total. The van der Waals surface area contributed by atoms with Crippen molar-refractivity contribution in [3.63, 3.8) is 0 Å². The van der Waals surface area contributed by atoms with Gasteiger partial charge in [0.2, 0.25) is 0 Å². The van der Waals surface area contributed by atoms with Crippen molar-refractivity contribution in [1.29, 1.82) is 0 Å². The minimum absolute atomic E-state index is 0.587. The third-order valence-corrected chi connectivity index (χ3v) is 4.44. The Bertz CT molecular complexity index is 650. The standard InChI is InChI=1S/C19H23NO2/c1-3-20(4-2)12-13-22-17-11-7-10-15-14-8-5-6-9-16(14)19(21)18(15)17/h5-11,19,21H,3-4,12-13H2,1-2H3/t19-/m0/s1. The summed E-state index contributed by atoms with van der Waals surface area (Å²) in [4.78, 5) is 2.33. The summed E-state index contributed by atoms with van der Waals surface area (Å²) in [7, 11) is 0. The zero-order chi connectivity index (χ0) is 15.5. The Balaban J connectivity index is 1.82. The van der Waals surface area contributed by atoms with E-state index in [0.717, 1.165) is 47.6 Å². The number of likely N-dealkylation sites (N-methyl/N-ethyl adjacent to an activating group) is 1. The van der Waals surface area contributed by atoms with Gasteiger partial charge >= 0.3 is 0 Å². The Morgan fingerprint density at radius 1 is 1.00 bits per heavy atom. The SMILES string of the molecule is CCN(CC)CCOc1cccc2c1[C@@H](O)c1ccccc1-2. The second kappa shape index (κ2) is 6.51. The van der Waals surface area contributed by atoms with Crippen LogP contribution in [0, 0.1) is 0 Å². The van der Waals surface area contributed by atoms with E-state index in [1.807, 2.05) is 30.3 Å². The molecule has 2 aromatic rings. The van der Waals surface area contributed by atoms with Gasteiger partial charge in [-0.05, 0) is 35.8 Å². The van der Waals surface area contributed by atoms with Crippen LogP contribution in [0.5, 0.6) is 5.75 Å². The summed E-state index contributed by atoms with van der Waals surface area (Å²) in [6.45, 7) is 7.91. The zero-order valence-corrected chi connectivity index (χ0v) is 13.2. The van der Waals surface area contributed by atoms with Gasteiger partial charge in [-0.1, -0.05) is 50.2 Å². The molecule has 0 amide bonds. The molecule has 0 aliphatic heterocycles. The molecule has 22 heavy (non-hydrogen) atoms. The number of hydrogen-bond donors (Lipinski definition) is 1. The topological polar surface area (TPSA) is 32.7 Å². The van der Waals surface area contributed by atoms with Crippen LogP contribution in [0.3, 0.4) is 0 Å². The van der Waals surface area contributed by atoms with Crippen molar-refractivity contribution in [2.24, 2.45) is 0 Å². The largest absolute Gasteiger partial charge is 0.492 e. The molecule has 0 saturated heterocycles. The molecule has 0 heterocycles. The number of aliphatic hydroxyl groups excluding tert-OH is 1. The molecule has 0 bridgehead atoms. The molecule has 0 unspecified atom stereocenters. The molecule has 0 aromatic heterocycles. The summed E-state index contributed by atoms with van der Waals surface area (Å²) in [5.41, 5.74) is 4.07. The van der Waals surface area contributed by atoms with Gasteiger partial charge in [-0.25, -0.2) is 0 Å². The lowest BCUT2D eigenvalue weighted by Gasteiger charge is -2.19. The van der Waals surface area contributed by atoms with Crippen LogP contribution in [0.15, 0.2) is 42.5 Å². The molecule has 1 atom stereocenters. The lowest BCUT2D eigenvalue weighted by Crippen LogP contribution is -2.28. The zero-order valence-electron chi connectivity index (χ0n) is 13.2. The second-order valence-electron chi connectivity index (χ2n) is 5.58. The highest BCUT2D eigenvalue weighted by Gasteiger charge is 2.29. The first-order valence-electron chi connectivity index (χ1n) is 8.01. The molecule has 0 radical (unpaired) electrons. The number of ether oxygens (including phenoxy) is 1. The van der Waals surface area contributed by atoms with E-state index >= 15 is 0 Å². The van der Waals surface area contributed by atoms with E-state index in [1.54, 1.807) is 0 Å². The Labute approximate surface area is 132 Å². The van der Waals surface area contributed by atoms with E-state index < -0.39 is 6.10 Å². The first kappa shape index (κ1) is 15.1. The summed E-state index contributed by atoms with van der Waals surface area (Å²) in [6.07, 6.45) is -0.587. The van der Waals surface area contributed by atoms with Crippen LogP contribution in [0.25, 0.3) is 11.1 Å². The highest BCUT2D eigenvalue weighted by molar-refractivity contribution is 5.80. The molecule has 2 aromatic carbocycles. The molecule has 1 N–H and O–H groups in total. The highest BCUT2D eigenvalue weighted by atomic mass is 16.5. The Morgan fingerprint density at radius 2 is 1.73 bits per heavy atom. The van der Waals surface area contributed by atoms with Crippen LogP contribution in [0.2, 0.25) is 0 Å². The summed E-state index contributed by atoms with van der Waals surface area (Å²) in [6, 6.07) is 14.0. The van der Waals surface area contributed by atoms with Gasteiger partial charge in [0.25, 0.3) is 0 Å². The molecule has 0 spiro atoms. The maximum atomic E-state index is 10.6. The van der Waals surface area contributed by atoms with Gasteiger partial charge in [-0.3, -0.25) is 0 Å². The van der Waals surface area contributed by atoms with E-state index in [1.165, 1.54) is 0 Å². The fourth-order valence-electron chi connectivity index (χ4n) is 3.15. The molecule has 1 aliphatic carbocycles. The molecule has 3 rings (SSSR count). The molecule has 116 valence electrons. The maximum Gasteiger partial charge on any atom is 0.126 e. The molecule has 0 fully saturated rings. The van der Waals surface area contributed by atoms with E-state index in [9.17, 15) is 5.11 Å². The Kier molecular flexibility index (Phi) is 4.46. The van der Waals surface area contributed by atoms with Gasteiger partial charge in [0.15, 0.2) is 0 Å². The average Bonchev–Trinajstić information content (AvgIpc) is 2.86. The van der Waals surface area contributed by atoms with Gasteiger partial charge in [0.1, 0.15) is 18.5 Å². The summed E-state index contributed by atoms with van der Waals surface area (Å²) >= 11 is 0. The lowest BCUT2D eigenvalue weighted by atomic mass is 10.1. The number of nitrogens with zero attached hydrogens (tertiary/aromatic N) is 1. The van der Waals surface area contributed by atoms with Gasteiger partial charge < -0.3 is 14.7 Å². The van der Waals surface area contributed by atoms with E-state index in [-0.39, 0.29) is 0 Å². The van der Waals surface area contributed by atoms with E-state index in [2.05, 4.69) is 30.9 Å². The number of aliphatic hydroxyl groups is 1. The average molecular weight is 297 g/mol. The highest BCUT2D eigenvalue weighted by Crippen LogP contribution is 2.47. The first-order valence-corrected chi connectivity index (χ1v) is 8.01. The number of rotatable bonds is 6. The van der Waals surface area contributed by atoms with Crippen molar-refractivity contribution in [2.45, 2.75) is 20.0 Å².